The quantitative estimate of drug-likeness (QED) is 0.908. The minimum Gasteiger partial charge on any atom is -0.327 e. The molecule has 112 valence electrons. The lowest BCUT2D eigenvalue weighted by Gasteiger charge is -2.27. The van der Waals surface area contributed by atoms with Crippen LogP contribution in [0.2, 0.25) is 0 Å². The fourth-order valence-electron chi connectivity index (χ4n) is 2.98. The maximum atomic E-state index is 12.4. The van der Waals surface area contributed by atoms with Crippen molar-refractivity contribution in [2.24, 2.45) is 11.7 Å². The number of hydrogen-bond acceptors (Lipinski definition) is 3. The average Bonchev–Trinajstić information content (AvgIpc) is 2.48. The fourth-order valence-corrected chi connectivity index (χ4v) is 4.50. The molecule has 0 heterocycles. The molecule has 1 unspecified atom stereocenters. The van der Waals surface area contributed by atoms with Gasteiger partial charge in [-0.1, -0.05) is 38.3 Å². The number of benzene rings is 1. The molecule has 1 fully saturated rings. The summed E-state index contributed by atoms with van der Waals surface area (Å²) in [7, 11) is -3.26. The molecule has 1 atom stereocenters. The van der Waals surface area contributed by atoms with Gasteiger partial charge in [0, 0.05) is 6.04 Å². The van der Waals surface area contributed by atoms with Gasteiger partial charge in [-0.05, 0) is 42.9 Å². The van der Waals surface area contributed by atoms with Crippen LogP contribution in [0.3, 0.4) is 0 Å². The van der Waals surface area contributed by atoms with E-state index in [0.717, 1.165) is 24.8 Å². The molecule has 3 nitrogen and oxygen atoms in total. The van der Waals surface area contributed by atoms with E-state index in [-0.39, 0.29) is 11.8 Å². The van der Waals surface area contributed by atoms with Crippen LogP contribution in [0.25, 0.3) is 0 Å². The summed E-state index contributed by atoms with van der Waals surface area (Å²) in [5.41, 5.74) is 7.30. The highest BCUT2D eigenvalue weighted by Gasteiger charge is 2.26. The summed E-state index contributed by atoms with van der Waals surface area (Å²) >= 11 is 0. The lowest BCUT2D eigenvalue weighted by atomic mass is 9.85. The summed E-state index contributed by atoms with van der Waals surface area (Å²) < 4.78 is 24.8. The van der Waals surface area contributed by atoms with Gasteiger partial charge in [0.15, 0.2) is 9.84 Å². The zero-order valence-corrected chi connectivity index (χ0v) is 13.0. The highest BCUT2D eigenvalue weighted by atomic mass is 32.2. The Morgan fingerprint density at radius 3 is 2.30 bits per heavy atom. The van der Waals surface area contributed by atoms with Crippen molar-refractivity contribution in [2.75, 3.05) is 5.75 Å². The molecular formula is C16H25NO2S. The van der Waals surface area contributed by atoms with Crippen LogP contribution in [0.1, 0.15) is 44.6 Å². The Hall–Kier alpha value is -0.870. The van der Waals surface area contributed by atoms with E-state index in [1.165, 1.54) is 19.3 Å². The molecule has 20 heavy (non-hydrogen) atoms. The molecule has 1 saturated carbocycles. The summed E-state index contributed by atoms with van der Waals surface area (Å²) in [6, 6.07) is 6.97. The van der Waals surface area contributed by atoms with E-state index in [4.69, 9.17) is 5.73 Å². The number of nitrogens with two attached hydrogens (primary N) is 1. The number of aryl methyl sites for hydroxylation is 1. The standard InChI is InChI=1S/C16H25NO2S/c1-2-13-8-10-15(11-9-13)20(18,19)12-16(17)14-6-4-3-5-7-14/h8-11,14,16H,2-7,12,17H2,1H3. The monoisotopic (exact) mass is 295 g/mol. The van der Waals surface area contributed by atoms with E-state index in [1.807, 2.05) is 12.1 Å². The van der Waals surface area contributed by atoms with Crippen LogP contribution < -0.4 is 5.73 Å². The van der Waals surface area contributed by atoms with E-state index in [1.54, 1.807) is 12.1 Å². The summed E-state index contributed by atoms with van der Waals surface area (Å²) in [4.78, 5) is 0.404. The van der Waals surface area contributed by atoms with Crippen molar-refractivity contribution in [1.82, 2.24) is 0 Å². The van der Waals surface area contributed by atoms with Crippen molar-refractivity contribution in [3.8, 4) is 0 Å². The minimum atomic E-state index is -3.26. The first-order chi connectivity index (χ1) is 9.53. The van der Waals surface area contributed by atoms with Gasteiger partial charge in [0.1, 0.15) is 0 Å². The molecule has 2 N–H and O–H groups in total. The van der Waals surface area contributed by atoms with Crippen molar-refractivity contribution in [1.29, 1.82) is 0 Å². The topological polar surface area (TPSA) is 60.2 Å². The van der Waals surface area contributed by atoms with Crippen LogP contribution in [0.15, 0.2) is 29.2 Å². The second-order valence-electron chi connectivity index (χ2n) is 5.84. The van der Waals surface area contributed by atoms with Gasteiger partial charge < -0.3 is 5.73 Å². The van der Waals surface area contributed by atoms with E-state index >= 15 is 0 Å². The van der Waals surface area contributed by atoms with Crippen molar-refractivity contribution in [2.45, 2.75) is 56.4 Å². The predicted molar refractivity (Wildman–Crippen MR) is 82.4 cm³/mol. The van der Waals surface area contributed by atoms with Gasteiger partial charge in [-0.3, -0.25) is 0 Å². The van der Waals surface area contributed by atoms with Gasteiger partial charge in [0.25, 0.3) is 0 Å². The normalized spacial score (nSPS) is 18.9. The van der Waals surface area contributed by atoms with Crippen LogP contribution in [-0.4, -0.2) is 20.2 Å². The number of rotatable bonds is 5. The Kier molecular flexibility index (Phi) is 5.22. The zero-order chi connectivity index (χ0) is 14.6. The zero-order valence-electron chi connectivity index (χ0n) is 12.2. The molecule has 4 heteroatoms. The van der Waals surface area contributed by atoms with E-state index < -0.39 is 9.84 Å². The maximum Gasteiger partial charge on any atom is 0.179 e. The molecular weight excluding hydrogens is 270 g/mol. The summed E-state index contributed by atoms with van der Waals surface area (Å²) in [5, 5.41) is 0. The Labute approximate surface area is 122 Å². The molecule has 0 amide bonds. The molecule has 0 saturated heterocycles. The molecule has 0 bridgehead atoms. The van der Waals surface area contributed by atoms with Gasteiger partial charge in [0.05, 0.1) is 10.6 Å². The molecule has 1 aromatic rings. The average molecular weight is 295 g/mol. The highest BCUT2D eigenvalue weighted by Crippen LogP contribution is 2.27. The minimum absolute atomic E-state index is 0.0726. The van der Waals surface area contributed by atoms with E-state index in [0.29, 0.717) is 10.8 Å². The van der Waals surface area contributed by atoms with Crippen LogP contribution in [-0.2, 0) is 16.3 Å². The van der Waals surface area contributed by atoms with Crippen molar-refractivity contribution in [3.05, 3.63) is 29.8 Å². The van der Waals surface area contributed by atoms with Crippen LogP contribution in [0, 0.1) is 5.92 Å². The van der Waals surface area contributed by atoms with Gasteiger partial charge in [-0.15, -0.1) is 0 Å². The van der Waals surface area contributed by atoms with Crippen LogP contribution >= 0.6 is 0 Å². The Balaban J connectivity index is 2.05. The van der Waals surface area contributed by atoms with Crippen molar-refractivity contribution < 1.29 is 8.42 Å². The van der Waals surface area contributed by atoms with Gasteiger partial charge >= 0.3 is 0 Å². The largest absolute Gasteiger partial charge is 0.327 e. The molecule has 0 aromatic heterocycles. The van der Waals surface area contributed by atoms with Gasteiger partial charge in [-0.2, -0.15) is 0 Å². The third kappa shape index (κ3) is 3.83. The second-order valence-corrected chi connectivity index (χ2v) is 7.88. The number of sulfone groups is 1. The smallest absolute Gasteiger partial charge is 0.179 e. The molecule has 0 spiro atoms. The third-order valence-electron chi connectivity index (χ3n) is 4.36. The Morgan fingerprint density at radius 2 is 1.75 bits per heavy atom. The summed E-state index contributed by atoms with van der Waals surface area (Å²) in [6.07, 6.45) is 6.69. The molecule has 2 rings (SSSR count). The van der Waals surface area contributed by atoms with E-state index in [2.05, 4.69) is 6.92 Å². The second kappa shape index (κ2) is 6.72. The van der Waals surface area contributed by atoms with Crippen LogP contribution in [0.5, 0.6) is 0 Å². The van der Waals surface area contributed by atoms with Crippen molar-refractivity contribution >= 4 is 9.84 Å². The number of hydrogen-bond donors (Lipinski definition) is 1. The summed E-state index contributed by atoms with van der Waals surface area (Å²) in [5.74, 6) is 0.441. The van der Waals surface area contributed by atoms with Crippen LogP contribution in [0.4, 0.5) is 0 Å². The lowest BCUT2D eigenvalue weighted by molar-refractivity contribution is 0.317. The van der Waals surface area contributed by atoms with Crippen molar-refractivity contribution in [3.63, 3.8) is 0 Å². The predicted octanol–water partition coefficient (Wildman–Crippen LogP) is 2.93. The van der Waals surface area contributed by atoms with E-state index in [9.17, 15) is 8.42 Å². The molecule has 1 aliphatic rings. The molecule has 0 radical (unpaired) electrons. The fraction of sp³-hybridized carbons (Fsp3) is 0.625. The lowest BCUT2D eigenvalue weighted by Crippen LogP contribution is -2.38. The highest BCUT2D eigenvalue weighted by molar-refractivity contribution is 7.91. The Bertz CT molecular complexity index is 516. The third-order valence-corrected chi connectivity index (χ3v) is 6.17. The first-order valence-corrected chi connectivity index (χ1v) is 9.25. The SMILES string of the molecule is CCc1ccc(S(=O)(=O)CC(N)C2CCCCC2)cc1. The molecule has 1 aromatic carbocycles. The Morgan fingerprint density at radius 1 is 1.15 bits per heavy atom. The molecule has 0 aliphatic heterocycles. The van der Waals surface area contributed by atoms with Gasteiger partial charge in [-0.25, -0.2) is 8.42 Å². The first kappa shape index (κ1) is 15.5. The summed E-state index contributed by atoms with van der Waals surface area (Å²) in [6.45, 7) is 2.06. The van der Waals surface area contributed by atoms with Gasteiger partial charge in [0.2, 0.25) is 0 Å². The first-order valence-electron chi connectivity index (χ1n) is 7.60. The molecule has 1 aliphatic carbocycles. The maximum absolute atomic E-state index is 12.4.